The van der Waals surface area contributed by atoms with Gasteiger partial charge in [0.2, 0.25) is 5.91 Å². The number of nitrogens with one attached hydrogen (secondary N) is 2. The molecule has 0 aliphatic carbocycles. The van der Waals surface area contributed by atoms with Gasteiger partial charge in [-0.1, -0.05) is 30.3 Å². The maximum Gasteiger partial charge on any atom is 0.270 e. The Morgan fingerprint density at radius 2 is 1.76 bits per heavy atom. The Kier molecular flexibility index (Phi) is 6.06. The molecule has 0 aliphatic heterocycles. The largest absolute Gasteiger partial charge is 0.322 e. The van der Waals surface area contributed by atoms with Crippen LogP contribution in [-0.4, -0.2) is 21.7 Å². The van der Waals surface area contributed by atoms with E-state index in [9.17, 15) is 19.7 Å². The summed E-state index contributed by atoms with van der Waals surface area (Å²) in [4.78, 5) is 39.1. The molecular weight excluding hydrogens is 372 g/mol. The van der Waals surface area contributed by atoms with Crippen LogP contribution in [0.4, 0.5) is 17.2 Å². The summed E-state index contributed by atoms with van der Waals surface area (Å²) >= 11 is 0. The van der Waals surface area contributed by atoms with Crippen LogP contribution in [0.15, 0.2) is 79.0 Å². The third kappa shape index (κ3) is 5.33. The van der Waals surface area contributed by atoms with Gasteiger partial charge in [0.05, 0.1) is 16.2 Å². The normalized spacial score (nSPS) is 10.5. The fourth-order valence-corrected chi connectivity index (χ4v) is 2.50. The summed E-state index contributed by atoms with van der Waals surface area (Å²) in [5, 5.41) is 16.1. The minimum Gasteiger partial charge on any atom is -0.322 e. The van der Waals surface area contributed by atoms with E-state index in [1.165, 1.54) is 30.4 Å². The van der Waals surface area contributed by atoms with Crippen molar-refractivity contribution >= 4 is 35.1 Å². The number of nitro groups is 1. The Labute approximate surface area is 166 Å². The lowest BCUT2D eigenvalue weighted by molar-refractivity contribution is -0.384. The van der Waals surface area contributed by atoms with Crippen LogP contribution < -0.4 is 10.6 Å². The molecule has 8 heteroatoms. The summed E-state index contributed by atoms with van der Waals surface area (Å²) in [7, 11) is 0. The third-order valence-corrected chi connectivity index (χ3v) is 3.84. The molecule has 2 N–H and O–H groups in total. The highest BCUT2D eigenvalue weighted by Gasteiger charge is 2.13. The molecule has 2 amide bonds. The second-order valence-electron chi connectivity index (χ2n) is 5.89. The Morgan fingerprint density at radius 3 is 2.52 bits per heavy atom. The molecule has 0 unspecified atom stereocenters. The minimum atomic E-state index is -0.506. The van der Waals surface area contributed by atoms with E-state index in [4.69, 9.17) is 0 Å². The Morgan fingerprint density at radius 1 is 0.966 bits per heavy atom. The number of amides is 2. The van der Waals surface area contributed by atoms with Crippen molar-refractivity contribution in [2.45, 2.75) is 0 Å². The smallest absolute Gasteiger partial charge is 0.270 e. The number of carbonyl (C=O) groups is 2. The lowest BCUT2D eigenvalue weighted by atomic mass is 10.1. The quantitative estimate of drug-likeness (QED) is 0.378. The summed E-state index contributed by atoms with van der Waals surface area (Å²) in [6, 6.07) is 17.6. The van der Waals surface area contributed by atoms with Gasteiger partial charge in [-0.05, 0) is 35.9 Å². The predicted octanol–water partition coefficient (Wildman–Crippen LogP) is 3.89. The molecule has 29 heavy (non-hydrogen) atoms. The van der Waals surface area contributed by atoms with Crippen LogP contribution in [0.5, 0.6) is 0 Å². The number of hydrogen-bond donors (Lipinski definition) is 2. The molecule has 8 nitrogen and oxygen atoms in total. The standard InChI is InChI=1S/C21H16N4O4/c26-20(12-11-15-6-5-7-16(14-15)25(28)29)23-18-9-2-1-8-17(18)21(27)24-19-10-3-4-13-22-19/h1-14H,(H,23,26)(H,22,24,27)/b12-11+. The molecule has 0 saturated heterocycles. The summed E-state index contributed by atoms with van der Waals surface area (Å²) in [5.41, 5.74) is 1.05. The van der Waals surface area contributed by atoms with Crippen molar-refractivity contribution in [3.63, 3.8) is 0 Å². The summed E-state index contributed by atoms with van der Waals surface area (Å²) in [6.07, 6.45) is 4.26. The lowest BCUT2D eigenvalue weighted by Gasteiger charge is -2.10. The Hall–Kier alpha value is -4.33. The van der Waals surface area contributed by atoms with Gasteiger partial charge in [0.1, 0.15) is 5.82 Å². The summed E-state index contributed by atoms with van der Waals surface area (Å²) < 4.78 is 0. The third-order valence-electron chi connectivity index (χ3n) is 3.84. The van der Waals surface area contributed by atoms with E-state index in [1.807, 2.05) is 0 Å². The van der Waals surface area contributed by atoms with Gasteiger partial charge in [0.25, 0.3) is 11.6 Å². The molecule has 144 valence electrons. The molecule has 0 radical (unpaired) electrons. The molecule has 0 bridgehead atoms. The van der Waals surface area contributed by atoms with Crippen molar-refractivity contribution in [3.05, 3.63) is 100 Å². The Balaban J connectivity index is 1.72. The van der Waals surface area contributed by atoms with E-state index < -0.39 is 16.7 Å². The molecule has 0 aliphatic rings. The van der Waals surface area contributed by atoms with E-state index in [-0.39, 0.29) is 11.3 Å². The minimum absolute atomic E-state index is 0.0657. The van der Waals surface area contributed by atoms with Crippen molar-refractivity contribution in [1.29, 1.82) is 0 Å². The zero-order chi connectivity index (χ0) is 20.6. The highest BCUT2D eigenvalue weighted by Crippen LogP contribution is 2.18. The number of para-hydroxylation sites is 1. The van der Waals surface area contributed by atoms with Crippen LogP contribution in [0, 0.1) is 10.1 Å². The topological polar surface area (TPSA) is 114 Å². The first-order valence-corrected chi connectivity index (χ1v) is 8.58. The van der Waals surface area contributed by atoms with Crippen molar-refractivity contribution in [3.8, 4) is 0 Å². The molecule has 0 fully saturated rings. The summed E-state index contributed by atoms with van der Waals surface area (Å²) in [6.45, 7) is 0. The molecule has 0 atom stereocenters. The van der Waals surface area contributed by atoms with E-state index in [2.05, 4.69) is 15.6 Å². The van der Waals surface area contributed by atoms with Crippen molar-refractivity contribution in [1.82, 2.24) is 4.98 Å². The van der Waals surface area contributed by atoms with Crippen LogP contribution in [0.1, 0.15) is 15.9 Å². The number of nitrogens with zero attached hydrogens (tertiary/aromatic N) is 2. The van der Waals surface area contributed by atoms with Crippen LogP contribution in [0.3, 0.4) is 0 Å². The zero-order valence-electron chi connectivity index (χ0n) is 15.1. The number of hydrogen-bond acceptors (Lipinski definition) is 5. The average Bonchev–Trinajstić information content (AvgIpc) is 2.73. The SMILES string of the molecule is O=C(/C=C/c1cccc([N+](=O)[O-])c1)Nc1ccccc1C(=O)Nc1ccccn1. The number of nitro benzene ring substituents is 1. The fraction of sp³-hybridized carbons (Fsp3) is 0. The zero-order valence-corrected chi connectivity index (χ0v) is 15.1. The van der Waals surface area contributed by atoms with Crippen LogP contribution in [0.2, 0.25) is 0 Å². The van der Waals surface area contributed by atoms with Gasteiger partial charge in [-0.3, -0.25) is 19.7 Å². The highest BCUT2D eigenvalue weighted by atomic mass is 16.6. The molecular formula is C21H16N4O4. The first kappa shape index (κ1) is 19.4. The van der Waals surface area contributed by atoms with E-state index >= 15 is 0 Å². The first-order valence-electron chi connectivity index (χ1n) is 8.58. The second kappa shape index (κ2) is 9.05. The number of non-ortho nitro benzene ring substituents is 1. The highest BCUT2D eigenvalue weighted by molar-refractivity contribution is 6.11. The van der Waals surface area contributed by atoms with Gasteiger partial charge in [0, 0.05) is 24.4 Å². The molecule has 3 aromatic rings. The number of aromatic nitrogens is 1. The predicted molar refractivity (Wildman–Crippen MR) is 109 cm³/mol. The molecule has 1 aromatic heterocycles. The van der Waals surface area contributed by atoms with E-state index in [1.54, 1.807) is 54.7 Å². The van der Waals surface area contributed by atoms with Crippen molar-refractivity contribution < 1.29 is 14.5 Å². The molecule has 2 aromatic carbocycles. The monoisotopic (exact) mass is 388 g/mol. The van der Waals surface area contributed by atoms with Gasteiger partial charge in [-0.25, -0.2) is 4.98 Å². The molecule has 1 heterocycles. The maximum absolute atomic E-state index is 12.5. The van der Waals surface area contributed by atoms with Crippen molar-refractivity contribution in [2.24, 2.45) is 0 Å². The first-order chi connectivity index (χ1) is 14.0. The lowest BCUT2D eigenvalue weighted by Crippen LogP contribution is -2.17. The average molecular weight is 388 g/mol. The number of carbonyl (C=O) groups excluding carboxylic acids is 2. The fourth-order valence-electron chi connectivity index (χ4n) is 2.50. The van der Waals surface area contributed by atoms with Gasteiger partial charge in [0.15, 0.2) is 0 Å². The number of rotatable bonds is 6. The molecule has 0 spiro atoms. The second-order valence-corrected chi connectivity index (χ2v) is 5.89. The Bertz CT molecular complexity index is 1080. The molecule has 0 saturated carbocycles. The van der Waals surface area contributed by atoms with Crippen LogP contribution >= 0.6 is 0 Å². The van der Waals surface area contributed by atoms with Gasteiger partial charge < -0.3 is 10.6 Å². The van der Waals surface area contributed by atoms with E-state index in [0.717, 1.165) is 0 Å². The van der Waals surface area contributed by atoms with E-state index in [0.29, 0.717) is 17.1 Å². The van der Waals surface area contributed by atoms with Crippen LogP contribution in [-0.2, 0) is 4.79 Å². The van der Waals surface area contributed by atoms with Gasteiger partial charge in [-0.15, -0.1) is 0 Å². The summed E-state index contributed by atoms with van der Waals surface area (Å²) in [5.74, 6) is -0.499. The number of pyridine rings is 1. The maximum atomic E-state index is 12.5. The number of anilines is 2. The van der Waals surface area contributed by atoms with Crippen molar-refractivity contribution in [2.75, 3.05) is 10.6 Å². The van der Waals surface area contributed by atoms with Gasteiger partial charge >= 0.3 is 0 Å². The molecule has 3 rings (SSSR count). The van der Waals surface area contributed by atoms with Crippen LogP contribution in [0.25, 0.3) is 6.08 Å². The van der Waals surface area contributed by atoms with Gasteiger partial charge in [-0.2, -0.15) is 0 Å². The number of benzene rings is 2.